The van der Waals surface area contributed by atoms with Gasteiger partial charge in [0.2, 0.25) is 0 Å². The smallest absolute Gasteiger partial charge is 0.00887 e. The molecule has 0 rings (SSSR count). The van der Waals surface area contributed by atoms with Crippen molar-refractivity contribution in [3.63, 3.8) is 0 Å². The van der Waals surface area contributed by atoms with Crippen LogP contribution in [0.15, 0.2) is 11.1 Å². The fourth-order valence-electron chi connectivity index (χ4n) is 1.71. The van der Waals surface area contributed by atoms with Crippen molar-refractivity contribution < 1.29 is 0 Å². The molecule has 0 atom stereocenters. The Kier molecular flexibility index (Phi) is 15.6. The number of rotatable bonds is 10. The summed E-state index contributed by atoms with van der Waals surface area (Å²) in [6, 6.07) is 0. The minimum absolute atomic E-state index is 1.08. The lowest BCUT2D eigenvalue weighted by atomic mass is 10.1. The van der Waals surface area contributed by atoms with Crippen molar-refractivity contribution in [3.05, 3.63) is 11.1 Å². The van der Waals surface area contributed by atoms with E-state index in [-0.39, 0.29) is 0 Å². The summed E-state index contributed by atoms with van der Waals surface area (Å²) in [5.74, 6) is 6.57. The summed E-state index contributed by atoms with van der Waals surface area (Å²) in [4.78, 5) is 1.94. The molecule has 0 aromatic carbocycles. The van der Waals surface area contributed by atoms with E-state index in [9.17, 15) is 0 Å². The average Bonchev–Trinajstić information content (AvgIpc) is 2.35. The molecule has 0 aromatic heterocycles. The van der Waals surface area contributed by atoms with Crippen molar-refractivity contribution >= 4 is 15.9 Å². The number of allylic oxidation sites excluding steroid dienone is 1. The third kappa shape index (κ3) is 15.8. The Morgan fingerprint density at radius 3 is 2.06 bits per heavy atom. The molecule has 0 aliphatic heterocycles. The third-order valence-electron chi connectivity index (χ3n) is 2.79. The maximum atomic E-state index is 3.29. The molecule has 0 heterocycles. The van der Waals surface area contributed by atoms with Crippen LogP contribution < -0.4 is 0 Å². The number of unbranched alkanes of at least 4 members (excludes halogenated alkanes) is 9. The van der Waals surface area contributed by atoms with Gasteiger partial charge in [-0.15, -0.1) is 11.8 Å². The highest BCUT2D eigenvalue weighted by Crippen LogP contribution is 2.06. The summed E-state index contributed by atoms with van der Waals surface area (Å²) < 4.78 is 0. The first-order valence-electron chi connectivity index (χ1n) is 7.12. The molecule has 0 unspecified atom stereocenters. The van der Waals surface area contributed by atoms with Crippen LogP contribution >= 0.6 is 15.9 Å². The molecule has 17 heavy (non-hydrogen) atoms. The average molecular weight is 299 g/mol. The van der Waals surface area contributed by atoms with E-state index in [1.807, 2.05) is 4.99 Å². The predicted molar refractivity (Wildman–Crippen MR) is 82.3 cm³/mol. The lowest BCUT2D eigenvalue weighted by molar-refractivity contribution is 0.613. The van der Waals surface area contributed by atoms with E-state index < -0.39 is 0 Å². The molecule has 0 radical (unpaired) electrons. The lowest BCUT2D eigenvalue weighted by Crippen LogP contribution is -1.78. The molecule has 0 amide bonds. The monoisotopic (exact) mass is 298 g/mol. The molecule has 0 aromatic rings. The highest BCUT2D eigenvalue weighted by molar-refractivity contribution is 9.11. The van der Waals surface area contributed by atoms with Gasteiger partial charge in [-0.3, -0.25) is 0 Å². The van der Waals surface area contributed by atoms with Crippen LogP contribution in [0.2, 0.25) is 0 Å². The molecular formula is C16H27Br. The van der Waals surface area contributed by atoms with Crippen LogP contribution in [0.5, 0.6) is 0 Å². The molecule has 0 saturated carbocycles. The summed E-state index contributed by atoms with van der Waals surface area (Å²) in [6.45, 7) is 2.26. The summed E-state index contributed by atoms with van der Waals surface area (Å²) in [6.07, 6.45) is 16.2. The number of hydrogen-bond acceptors (Lipinski definition) is 0. The van der Waals surface area contributed by atoms with Crippen LogP contribution in [-0.2, 0) is 0 Å². The summed E-state index contributed by atoms with van der Waals surface area (Å²) >= 11 is 3.27. The molecule has 1 heteroatoms. The van der Waals surface area contributed by atoms with Crippen LogP contribution in [0.25, 0.3) is 0 Å². The fourth-order valence-corrected chi connectivity index (χ4v) is 1.97. The highest BCUT2D eigenvalue weighted by atomic mass is 79.9. The normalized spacial score (nSPS) is 10.5. The van der Waals surface area contributed by atoms with Gasteiger partial charge in [0, 0.05) is 12.8 Å². The van der Waals surface area contributed by atoms with Gasteiger partial charge >= 0.3 is 0 Å². The standard InChI is InChI=1S/C16H27Br/c1-2-3-4-5-6-7-8-9-10-11-12-13-14-15-16-17/h15-16H,2-8,11-14H2,1H3. The van der Waals surface area contributed by atoms with Crippen molar-refractivity contribution in [3.8, 4) is 11.8 Å². The Hall–Kier alpha value is -0.220. The third-order valence-corrected chi connectivity index (χ3v) is 3.17. The molecule has 0 aliphatic rings. The second kappa shape index (κ2) is 15.8. The Morgan fingerprint density at radius 1 is 0.824 bits per heavy atom. The van der Waals surface area contributed by atoms with Gasteiger partial charge < -0.3 is 0 Å². The second-order valence-electron chi connectivity index (χ2n) is 4.48. The second-order valence-corrected chi connectivity index (χ2v) is 5.01. The quantitative estimate of drug-likeness (QED) is 0.332. The first-order chi connectivity index (χ1) is 8.41. The van der Waals surface area contributed by atoms with Gasteiger partial charge in [-0.05, 0) is 30.7 Å². The molecule has 0 bridgehead atoms. The molecule has 0 fully saturated rings. The maximum Gasteiger partial charge on any atom is 0.00887 e. The van der Waals surface area contributed by atoms with Gasteiger partial charge in [-0.2, -0.15) is 0 Å². The van der Waals surface area contributed by atoms with Crippen LogP contribution in [0.1, 0.15) is 77.6 Å². The van der Waals surface area contributed by atoms with Gasteiger partial charge in [-0.1, -0.05) is 61.0 Å². The van der Waals surface area contributed by atoms with Gasteiger partial charge in [0.15, 0.2) is 0 Å². The van der Waals surface area contributed by atoms with Crippen molar-refractivity contribution in [1.29, 1.82) is 0 Å². The van der Waals surface area contributed by atoms with Crippen LogP contribution in [-0.4, -0.2) is 0 Å². The maximum absolute atomic E-state index is 3.29. The van der Waals surface area contributed by atoms with E-state index in [1.54, 1.807) is 0 Å². The zero-order chi connectivity index (χ0) is 12.6. The molecule has 0 saturated heterocycles. The van der Waals surface area contributed by atoms with E-state index in [1.165, 1.54) is 57.8 Å². The number of halogens is 1. The lowest BCUT2D eigenvalue weighted by Gasteiger charge is -1.96. The van der Waals surface area contributed by atoms with Gasteiger partial charge in [-0.25, -0.2) is 0 Å². The first kappa shape index (κ1) is 16.8. The van der Waals surface area contributed by atoms with Crippen molar-refractivity contribution in [1.82, 2.24) is 0 Å². The molecule has 0 N–H and O–H groups in total. The zero-order valence-electron chi connectivity index (χ0n) is 11.3. The Bertz CT molecular complexity index is 219. The number of hydrogen-bond donors (Lipinski definition) is 0. The SMILES string of the molecule is CCCCCCCCC#CCCCCC=CBr. The van der Waals surface area contributed by atoms with Crippen molar-refractivity contribution in [2.45, 2.75) is 77.6 Å². The Morgan fingerprint density at radius 2 is 1.41 bits per heavy atom. The highest BCUT2D eigenvalue weighted by Gasteiger charge is 1.88. The predicted octanol–water partition coefficient (Wildman–Crippen LogP) is 6.21. The largest absolute Gasteiger partial charge is 0.103 e. The van der Waals surface area contributed by atoms with Gasteiger partial charge in [0.05, 0.1) is 0 Å². The summed E-state index contributed by atoms with van der Waals surface area (Å²) in [5, 5.41) is 0. The van der Waals surface area contributed by atoms with Crippen LogP contribution in [0, 0.1) is 11.8 Å². The van der Waals surface area contributed by atoms with Gasteiger partial charge in [0.1, 0.15) is 0 Å². The van der Waals surface area contributed by atoms with E-state index >= 15 is 0 Å². The van der Waals surface area contributed by atoms with E-state index in [0.717, 1.165) is 12.8 Å². The Labute approximate surface area is 116 Å². The molecule has 0 spiro atoms. The minimum Gasteiger partial charge on any atom is -0.103 e. The van der Waals surface area contributed by atoms with Crippen LogP contribution in [0.4, 0.5) is 0 Å². The molecule has 0 aliphatic carbocycles. The minimum atomic E-state index is 1.08. The molecule has 98 valence electrons. The van der Waals surface area contributed by atoms with Crippen LogP contribution in [0.3, 0.4) is 0 Å². The molecule has 0 nitrogen and oxygen atoms in total. The van der Waals surface area contributed by atoms with Gasteiger partial charge in [0.25, 0.3) is 0 Å². The van der Waals surface area contributed by atoms with E-state index in [4.69, 9.17) is 0 Å². The molecular weight excluding hydrogens is 272 g/mol. The van der Waals surface area contributed by atoms with Crippen molar-refractivity contribution in [2.75, 3.05) is 0 Å². The van der Waals surface area contributed by atoms with E-state index in [2.05, 4.69) is 40.8 Å². The van der Waals surface area contributed by atoms with Crippen molar-refractivity contribution in [2.24, 2.45) is 0 Å². The topological polar surface area (TPSA) is 0 Å². The first-order valence-corrected chi connectivity index (χ1v) is 8.04. The zero-order valence-corrected chi connectivity index (χ0v) is 12.9. The fraction of sp³-hybridized carbons (Fsp3) is 0.750. The summed E-state index contributed by atoms with van der Waals surface area (Å²) in [7, 11) is 0. The summed E-state index contributed by atoms with van der Waals surface area (Å²) in [5.41, 5.74) is 0. The van der Waals surface area contributed by atoms with E-state index in [0.29, 0.717) is 0 Å². The Balaban J connectivity index is 3.09.